The molecule has 0 unspecified atom stereocenters. The van der Waals surface area contributed by atoms with Crippen molar-refractivity contribution in [2.45, 2.75) is 20.3 Å². The third-order valence-electron chi connectivity index (χ3n) is 2.58. The summed E-state index contributed by atoms with van der Waals surface area (Å²) in [6, 6.07) is 3.51. The summed E-state index contributed by atoms with van der Waals surface area (Å²) in [6.07, 6.45) is 2.17. The molecule has 0 aliphatic carbocycles. The summed E-state index contributed by atoms with van der Waals surface area (Å²) in [7, 11) is 0. The van der Waals surface area contributed by atoms with Gasteiger partial charge in [0.05, 0.1) is 11.9 Å². The number of nitrogens with one attached hydrogen (secondary N) is 2. The molecule has 2 aromatic rings. The molecule has 20 heavy (non-hydrogen) atoms. The van der Waals surface area contributed by atoms with Gasteiger partial charge in [-0.25, -0.2) is 4.98 Å². The van der Waals surface area contributed by atoms with Gasteiger partial charge in [-0.05, 0) is 19.1 Å². The molecule has 2 aromatic heterocycles. The van der Waals surface area contributed by atoms with Gasteiger partial charge in [-0.2, -0.15) is 4.98 Å². The lowest BCUT2D eigenvalue weighted by molar-refractivity contribution is 0.0949. The van der Waals surface area contributed by atoms with E-state index in [0.717, 1.165) is 12.2 Å². The Kier molecular flexibility index (Phi) is 4.65. The Morgan fingerprint density at radius 1 is 1.40 bits per heavy atom. The van der Waals surface area contributed by atoms with Crippen molar-refractivity contribution in [1.29, 1.82) is 0 Å². The molecule has 2 rings (SSSR count). The molecule has 2 heterocycles. The van der Waals surface area contributed by atoms with Gasteiger partial charge in [0.25, 0.3) is 5.91 Å². The lowest BCUT2D eigenvalue weighted by Crippen LogP contribution is -2.26. The third-order valence-corrected chi connectivity index (χ3v) is 2.58. The highest BCUT2D eigenvalue weighted by atomic mass is 16.5. The molecule has 0 aliphatic rings. The number of hydrogen-bond acceptors (Lipinski definition) is 6. The van der Waals surface area contributed by atoms with Crippen LogP contribution in [0.5, 0.6) is 0 Å². The molecule has 0 bridgehead atoms. The Bertz CT molecular complexity index is 564. The van der Waals surface area contributed by atoms with E-state index in [4.69, 9.17) is 4.52 Å². The Balaban J connectivity index is 1.82. The van der Waals surface area contributed by atoms with E-state index in [1.165, 1.54) is 0 Å². The molecule has 0 fully saturated rings. The predicted octanol–water partition coefficient (Wildman–Crippen LogP) is 1.18. The first-order valence-electron chi connectivity index (χ1n) is 6.46. The van der Waals surface area contributed by atoms with Crippen LogP contribution in [0.1, 0.15) is 29.1 Å². The first-order valence-corrected chi connectivity index (χ1v) is 6.46. The lowest BCUT2D eigenvalue weighted by atomic mass is 10.3. The van der Waals surface area contributed by atoms with E-state index < -0.39 is 0 Å². The van der Waals surface area contributed by atoms with Crippen LogP contribution in [-0.2, 0) is 6.42 Å². The van der Waals surface area contributed by atoms with Crippen LogP contribution in [-0.4, -0.2) is 34.1 Å². The van der Waals surface area contributed by atoms with Crippen LogP contribution >= 0.6 is 0 Å². The topological polar surface area (TPSA) is 92.9 Å². The van der Waals surface area contributed by atoms with Crippen molar-refractivity contribution < 1.29 is 9.32 Å². The fourth-order valence-corrected chi connectivity index (χ4v) is 1.66. The maximum atomic E-state index is 11.9. The van der Waals surface area contributed by atoms with Gasteiger partial charge in [0.2, 0.25) is 5.89 Å². The third kappa shape index (κ3) is 3.78. The van der Waals surface area contributed by atoms with Crippen molar-refractivity contribution in [3.05, 3.63) is 35.7 Å². The number of aryl methyl sites for hydroxylation is 1. The monoisotopic (exact) mass is 275 g/mol. The van der Waals surface area contributed by atoms with Crippen LogP contribution in [0.25, 0.3) is 0 Å². The molecule has 0 saturated carbocycles. The van der Waals surface area contributed by atoms with Crippen molar-refractivity contribution in [3.8, 4) is 0 Å². The van der Waals surface area contributed by atoms with E-state index in [1.807, 2.05) is 13.0 Å². The van der Waals surface area contributed by atoms with Gasteiger partial charge in [0.15, 0.2) is 5.82 Å². The number of amides is 1. The van der Waals surface area contributed by atoms with E-state index in [9.17, 15) is 4.79 Å². The van der Waals surface area contributed by atoms with E-state index in [2.05, 4.69) is 25.8 Å². The van der Waals surface area contributed by atoms with Gasteiger partial charge in [-0.3, -0.25) is 4.79 Å². The minimum absolute atomic E-state index is 0.215. The zero-order chi connectivity index (χ0) is 14.4. The summed E-state index contributed by atoms with van der Waals surface area (Å²) in [5, 5.41) is 9.64. The molecule has 2 N–H and O–H groups in total. The van der Waals surface area contributed by atoms with Gasteiger partial charge in [-0.15, -0.1) is 0 Å². The maximum absolute atomic E-state index is 11.9. The molecular weight excluding hydrogens is 258 g/mol. The lowest BCUT2D eigenvalue weighted by Gasteiger charge is -2.05. The second-order valence-electron chi connectivity index (χ2n) is 4.20. The standard InChI is InChI=1S/C13H17N5O2/c1-3-14-10-4-5-11(16-8-10)13(19)15-7-6-12-17-9(2)20-18-12/h4-5,8,14H,3,6-7H2,1-2H3,(H,15,19). The number of carbonyl (C=O) groups is 1. The SMILES string of the molecule is CCNc1ccc(C(=O)NCCc2noc(C)n2)nc1. The van der Waals surface area contributed by atoms with Crippen LogP contribution in [0.3, 0.4) is 0 Å². The summed E-state index contributed by atoms with van der Waals surface area (Å²) in [6.45, 7) is 4.98. The Hall–Kier alpha value is -2.44. The molecule has 1 amide bonds. The fraction of sp³-hybridized carbons (Fsp3) is 0.385. The van der Waals surface area contributed by atoms with Gasteiger partial charge >= 0.3 is 0 Å². The van der Waals surface area contributed by atoms with E-state index >= 15 is 0 Å². The van der Waals surface area contributed by atoms with Gasteiger partial charge < -0.3 is 15.2 Å². The summed E-state index contributed by atoms with van der Waals surface area (Å²) in [4.78, 5) is 20.0. The summed E-state index contributed by atoms with van der Waals surface area (Å²) in [5.74, 6) is 0.888. The average Bonchev–Trinajstić information content (AvgIpc) is 2.85. The minimum atomic E-state index is -0.215. The normalized spacial score (nSPS) is 10.3. The number of rotatable bonds is 6. The van der Waals surface area contributed by atoms with Crippen molar-refractivity contribution in [2.24, 2.45) is 0 Å². The minimum Gasteiger partial charge on any atom is -0.384 e. The molecule has 0 aromatic carbocycles. The predicted molar refractivity (Wildman–Crippen MR) is 73.5 cm³/mol. The van der Waals surface area contributed by atoms with Gasteiger partial charge in [-0.1, -0.05) is 5.16 Å². The zero-order valence-corrected chi connectivity index (χ0v) is 11.5. The Morgan fingerprint density at radius 3 is 2.85 bits per heavy atom. The quantitative estimate of drug-likeness (QED) is 0.822. The van der Waals surface area contributed by atoms with Crippen LogP contribution in [0.2, 0.25) is 0 Å². The molecular formula is C13H17N5O2. The molecule has 0 radical (unpaired) electrons. The number of aromatic nitrogens is 3. The largest absolute Gasteiger partial charge is 0.384 e. The van der Waals surface area contributed by atoms with Gasteiger partial charge in [0, 0.05) is 26.4 Å². The highest BCUT2D eigenvalue weighted by molar-refractivity contribution is 5.92. The summed E-state index contributed by atoms with van der Waals surface area (Å²) in [5.41, 5.74) is 1.28. The molecule has 0 aliphatic heterocycles. The van der Waals surface area contributed by atoms with E-state index in [1.54, 1.807) is 19.2 Å². The molecule has 0 spiro atoms. The Labute approximate surface area is 116 Å². The van der Waals surface area contributed by atoms with Crippen molar-refractivity contribution in [2.75, 3.05) is 18.4 Å². The second kappa shape index (κ2) is 6.65. The highest BCUT2D eigenvalue weighted by Gasteiger charge is 2.08. The van der Waals surface area contributed by atoms with Gasteiger partial charge in [0.1, 0.15) is 5.69 Å². The van der Waals surface area contributed by atoms with Crippen molar-refractivity contribution in [1.82, 2.24) is 20.4 Å². The number of nitrogens with zero attached hydrogens (tertiary/aromatic N) is 3. The molecule has 7 nitrogen and oxygen atoms in total. The first kappa shape index (κ1) is 14.0. The number of carbonyl (C=O) groups excluding carboxylic acids is 1. The van der Waals surface area contributed by atoms with Crippen LogP contribution in [0.15, 0.2) is 22.9 Å². The van der Waals surface area contributed by atoms with E-state index in [0.29, 0.717) is 30.4 Å². The second-order valence-corrected chi connectivity index (χ2v) is 4.20. The molecule has 106 valence electrons. The average molecular weight is 275 g/mol. The van der Waals surface area contributed by atoms with Crippen LogP contribution < -0.4 is 10.6 Å². The molecule has 7 heteroatoms. The fourth-order valence-electron chi connectivity index (χ4n) is 1.66. The summed E-state index contributed by atoms with van der Waals surface area (Å²) >= 11 is 0. The smallest absolute Gasteiger partial charge is 0.269 e. The molecule has 0 saturated heterocycles. The first-order chi connectivity index (χ1) is 9.69. The zero-order valence-electron chi connectivity index (χ0n) is 11.5. The number of hydrogen-bond donors (Lipinski definition) is 2. The van der Waals surface area contributed by atoms with Crippen LogP contribution in [0, 0.1) is 6.92 Å². The maximum Gasteiger partial charge on any atom is 0.269 e. The van der Waals surface area contributed by atoms with Crippen molar-refractivity contribution >= 4 is 11.6 Å². The number of anilines is 1. The highest BCUT2D eigenvalue weighted by Crippen LogP contribution is 2.05. The van der Waals surface area contributed by atoms with E-state index in [-0.39, 0.29) is 5.91 Å². The van der Waals surface area contributed by atoms with Crippen molar-refractivity contribution in [3.63, 3.8) is 0 Å². The van der Waals surface area contributed by atoms with Crippen LogP contribution in [0.4, 0.5) is 5.69 Å². The Morgan fingerprint density at radius 2 is 2.25 bits per heavy atom. The number of pyridine rings is 1. The summed E-state index contributed by atoms with van der Waals surface area (Å²) < 4.78 is 4.85. The molecule has 0 atom stereocenters.